The Morgan fingerprint density at radius 1 is 1.18 bits per heavy atom. The fraction of sp³-hybridized carbons (Fsp3) is 0.200. The summed E-state index contributed by atoms with van der Waals surface area (Å²) in [6.45, 7) is 0.726. The summed E-state index contributed by atoms with van der Waals surface area (Å²) in [6.07, 6.45) is 7.66. The molecule has 86 valence electrons. The summed E-state index contributed by atoms with van der Waals surface area (Å²) >= 11 is 0. The third-order valence-electron chi connectivity index (χ3n) is 2.38. The number of aromatic nitrogens is 6. The van der Waals surface area contributed by atoms with Crippen LogP contribution in [0.5, 0.6) is 0 Å². The van der Waals surface area contributed by atoms with E-state index in [9.17, 15) is 0 Å². The Hall–Kier alpha value is -2.44. The van der Waals surface area contributed by atoms with Crippen molar-refractivity contribution in [2.45, 2.75) is 6.42 Å². The van der Waals surface area contributed by atoms with Crippen LogP contribution in [0.15, 0.2) is 24.9 Å². The van der Waals surface area contributed by atoms with E-state index in [0.717, 1.165) is 24.3 Å². The van der Waals surface area contributed by atoms with Gasteiger partial charge in [-0.1, -0.05) is 0 Å². The molecule has 0 aromatic carbocycles. The van der Waals surface area contributed by atoms with Crippen molar-refractivity contribution in [1.29, 1.82) is 0 Å². The van der Waals surface area contributed by atoms with Crippen molar-refractivity contribution in [3.8, 4) is 0 Å². The van der Waals surface area contributed by atoms with Gasteiger partial charge < -0.3 is 15.3 Å². The molecule has 3 rings (SSSR count). The summed E-state index contributed by atoms with van der Waals surface area (Å²) in [6, 6.07) is 0. The molecule has 3 heterocycles. The van der Waals surface area contributed by atoms with Crippen LogP contribution in [0.1, 0.15) is 5.82 Å². The Morgan fingerprint density at radius 2 is 2.18 bits per heavy atom. The zero-order valence-electron chi connectivity index (χ0n) is 9.01. The molecule has 3 aromatic heterocycles. The van der Waals surface area contributed by atoms with Gasteiger partial charge in [0.25, 0.3) is 0 Å². The van der Waals surface area contributed by atoms with Crippen LogP contribution < -0.4 is 5.32 Å². The van der Waals surface area contributed by atoms with Crippen molar-refractivity contribution >= 4 is 17.1 Å². The number of hydrogen-bond acceptors (Lipinski definition) is 5. The summed E-state index contributed by atoms with van der Waals surface area (Å²) < 4.78 is 0. The normalized spacial score (nSPS) is 10.8. The Kier molecular flexibility index (Phi) is 2.41. The first-order valence-electron chi connectivity index (χ1n) is 5.30. The first-order chi connectivity index (χ1) is 8.42. The lowest BCUT2D eigenvalue weighted by Crippen LogP contribution is -2.08. The summed E-state index contributed by atoms with van der Waals surface area (Å²) in [7, 11) is 0. The number of fused-ring (bicyclic) bond motifs is 1. The molecule has 7 nitrogen and oxygen atoms in total. The highest BCUT2D eigenvalue weighted by Gasteiger charge is 2.01. The standard InChI is InChI=1S/C10H11N7/c1(8-11-3-4-12-8)2-13-10-14-5-7-9(17-10)16-6-15-7/h3-6H,1-2H2,(H,11,12)(H2,13,14,15,16,17). The highest BCUT2D eigenvalue weighted by molar-refractivity contribution is 5.69. The van der Waals surface area contributed by atoms with Gasteiger partial charge in [-0.25, -0.2) is 15.0 Å². The van der Waals surface area contributed by atoms with Gasteiger partial charge in [-0.05, 0) is 0 Å². The van der Waals surface area contributed by atoms with Crippen molar-refractivity contribution in [3.63, 3.8) is 0 Å². The molecule has 0 fully saturated rings. The summed E-state index contributed by atoms with van der Waals surface area (Å²) in [4.78, 5) is 22.6. The SMILES string of the molecule is c1c[nH]c(CCNc2ncc3[nH]cnc3n2)n1. The van der Waals surface area contributed by atoms with Gasteiger partial charge in [-0.3, -0.25) is 0 Å². The number of aromatic amines is 2. The molecule has 0 atom stereocenters. The summed E-state index contributed by atoms with van der Waals surface area (Å²) in [5, 5.41) is 3.13. The van der Waals surface area contributed by atoms with Gasteiger partial charge in [0.15, 0.2) is 5.65 Å². The van der Waals surface area contributed by atoms with Gasteiger partial charge in [-0.2, -0.15) is 4.98 Å². The van der Waals surface area contributed by atoms with Gasteiger partial charge in [0, 0.05) is 25.4 Å². The van der Waals surface area contributed by atoms with Crippen molar-refractivity contribution < 1.29 is 0 Å². The predicted octanol–water partition coefficient (Wildman–Crippen LogP) is 0.731. The van der Waals surface area contributed by atoms with E-state index in [1.807, 2.05) is 6.20 Å². The minimum Gasteiger partial charge on any atom is -0.354 e. The van der Waals surface area contributed by atoms with Crippen molar-refractivity contribution in [2.75, 3.05) is 11.9 Å². The van der Waals surface area contributed by atoms with Crippen LogP contribution in [0, 0.1) is 0 Å². The summed E-state index contributed by atoms with van der Waals surface area (Å²) in [5.74, 6) is 1.52. The van der Waals surface area contributed by atoms with Crippen molar-refractivity contribution in [2.24, 2.45) is 0 Å². The van der Waals surface area contributed by atoms with Crippen LogP contribution in [0.25, 0.3) is 11.2 Å². The molecule has 0 aliphatic carbocycles. The van der Waals surface area contributed by atoms with E-state index in [0.29, 0.717) is 11.6 Å². The molecule has 0 spiro atoms. The van der Waals surface area contributed by atoms with E-state index in [4.69, 9.17) is 0 Å². The number of anilines is 1. The molecular weight excluding hydrogens is 218 g/mol. The second kappa shape index (κ2) is 4.20. The average molecular weight is 229 g/mol. The van der Waals surface area contributed by atoms with Gasteiger partial charge in [0.1, 0.15) is 11.3 Å². The van der Waals surface area contributed by atoms with Crippen LogP contribution in [0.3, 0.4) is 0 Å². The van der Waals surface area contributed by atoms with Crippen LogP contribution in [0.2, 0.25) is 0 Å². The first-order valence-corrected chi connectivity index (χ1v) is 5.30. The molecule has 0 amide bonds. The maximum absolute atomic E-state index is 4.26. The predicted molar refractivity (Wildman–Crippen MR) is 62.5 cm³/mol. The van der Waals surface area contributed by atoms with Gasteiger partial charge >= 0.3 is 0 Å². The number of rotatable bonds is 4. The molecule has 0 radical (unpaired) electrons. The highest BCUT2D eigenvalue weighted by atomic mass is 15.1. The Morgan fingerprint density at radius 3 is 3.06 bits per heavy atom. The molecule has 3 aromatic rings. The first kappa shape index (κ1) is 9.76. The topological polar surface area (TPSA) is 95.2 Å². The number of nitrogens with one attached hydrogen (secondary N) is 3. The fourth-order valence-electron chi connectivity index (χ4n) is 1.55. The quantitative estimate of drug-likeness (QED) is 0.613. The minimum absolute atomic E-state index is 0.580. The second-order valence-corrected chi connectivity index (χ2v) is 3.55. The Labute approximate surface area is 96.7 Å². The van der Waals surface area contributed by atoms with E-state index in [-0.39, 0.29) is 0 Å². The summed E-state index contributed by atoms with van der Waals surface area (Å²) in [5.41, 5.74) is 1.50. The molecule has 17 heavy (non-hydrogen) atoms. The van der Waals surface area contributed by atoms with Crippen LogP contribution in [0.4, 0.5) is 5.95 Å². The third-order valence-corrected chi connectivity index (χ3v) is 2.38. The van der Waals surface area contributed by atoms with E-state index in [1.54, 1.807) is 18.7 Å². The average Bonchev–Trinajstić information content (AvgIpc) is 2.98. The molecular formula is C10H11N7. The molecule has 0 saturated carbocycles. The van der Waals surface area contributed by atoms with Crippen LogP contribution in [-0.2, 0) is 6.42 Å². The number of nitrogens with zero attached hydrogens (tertiary/aromatic N) is 4. The minimum atomic E-state index is 0.580. The van der Waals surface area contributed by atoms with Crippen LogP contribution in [-0.4, -0.2) is 36.4 Å². The molecule has 0 saturated heterocycles. The maximum Gasteiger partial charge on any atom is 0.224 e. The Balaban J connectivity index is 1.64. The smallest absolute Gasteiger partial charge is 0.224 e. The molecule has 0 aliphatic heterocycles. The third kappa shape index (κ3) is 2.07. The van der Waals surface area contributed by atoms with Crippen molar-refractivity contribution in [3.05, 3.63) is 30.7 Å². The molecule has 0 bridgehead atoms. The zero-order chi connectivity index (χ0) is 11.5. The second-order valence-electron chi connectivity index (χ2n) is 3.55. The highest BCUT2D eigenvalue weighted by Crippen LogP contribution is 2.06. The Bertz CT molecular complexity index is 598. The lowest BCUT2D eigenvalue weighted by atomic mass is 10.4. The maximum atomic E-state index is 4.26. The van der Waals surface area contributed by atoms with Gasteiger partial charge in [-0.15, -0.1) is 0 Å². The largest absolute Gasteiger partial charge is 0.354 e. The van der Waals surface area contributed by atoms with Gasteiger partial charge in [0.2, 0.25) is 5.95 Å². The van der Waals surface area contributed by atoms with E-state index in [1.165, 1.54) is 0 Å². The van der Waals surface area contributed by atoms with E-state index >= 15 is 0 Å². The number of hydrogen-bond donors (Lipinski definition) is 3. The molecule has 0 unspecified atom stereocenters. The monoisotopic (exact) mass is 229 g/mol. The lowest BCUT2D eigenvalue weighted by Gasteiger charge is -2.02. The lowest BCUT2D eigenvalue weighted by molar-refractivity contribution is 0.914. The molecule has 7 heteroatoms. The van der Waals surface area contributed by atoms with E-state index in [2.05, 4.69) is 35.2 Å². The van der Waals surface area contributed by atoms with E-state index < -0.39 is 0 Å². The zero-order valence-corrected chi connectivity index (χ0v) is 9.01. The number of imidazole rings is 2. The number of H-pyrrole nitrogens is 2. The fourth-order valence-corrected chi connectivity index (χ4v) is 1.55. The van der Waals surface area contributed by atoms with Gasteiger partial charge in [0.05, 0.1) is 12.5 Å². The molecule has 0 aliphatic rings. The van der Waals surface area contributed by atoms with Crippen LogP contribution >= 0.6 is 0 Å². The molecule has 3 N–H and O–H groups in total. The van der Waals surface area contributed by atoms with Crippen molar-refractivity contribution in [1.82, 2.24) is 29.9 Å².